The molecule has 21 heteroatoms. The Labute approximate surface area is 735 Å². The van der Waals surface area contributed by atoms with E-state index in [1.807, 2.05) is 66.0 Å². The maximum Gasteiger partial charge on any atom is 0.262 e. The molecule has 3 amide bonds. The van der Waals surface area contributed by atoms with E-state index < -0.39 is 16.6 Å². The molecule has 1 saturated heterocycles. The number of fused-ring (bicyclic) bond motifs is 9. The van der Waals surface area contributed by atoms with E-state index in [2.05, 4.69) is 148 Å². The zero-order valence-corrected chi connectivity index (χ0v) is 67.7. The highest BCUT2D eigenvalue weighted by Crippen LogP contribution is 2.65. The quantitative estimate of drug-likeness (QED) is 0.0566. The number of benzene rings is 3. The second-order valence-corrected chi connectivity index (χ2v) is 33.9. The van der Waals surface area contributed by atoms with Crippen LogP contribution in [0.3, 0.4) is 0 Å². The van der Waals surface area contributed by atoms with Crippen LogP contribution in [-0.4, -0.2) is 110 Å². The second kappa shape index (κ2) is 42.2. The van der Waals surface area contributed by atoms with Gasteiger partial charge in [0.05, 0.1) is 31.4 Å². The van der Waals surface area contributed by atoms with Crippen molar-refractivity contribution in [3.8, 4) is 35.5 Å². The zero-order valence-electron chi connectivity index (χ0n) is 64.5. The van der Waals surface area contributed by atoms with Gasteiger partial charge in [-0.15, -0.1) is 0 Å². The number of methoxy groups -OCH3 is 3. The summed E-state index contributed by atoms with van der Waals surface area (Å²) in [5.41, 5.74) is 21.5. The molecule has 3 aromatic carbocycles. The van der Waals surface area contributed by atoms with E-state index in [1.54, 1.807) is 69.0 Å². The number of thiocarbonyl (C=S) groups is 1. The van der Waals surface area contributed by atoms with Crippen LogP contribution < -0.4 is 22.1 Å². The molecule has 6 saturated carbocycles. The largest absolute Gasteiger partial charge is 0.381 e. The monoisotopic (exact) mass is 1730 g/mol. The number of halogens is 1. The number of amides is 3. The average Bonchev–Trinajstić information content (AvgIpc) is 1.52. The minimum Gasteiger partial charge on any atom is -0.381 e. The number of aliphatic imine (C=N–C) groups is 2. The smallest absolute Gasteiger partial charge is 0.262 e. The molecule has 120 heavy (non-hydrogen) atoms. The van der Waals surface area contributed by atoms with Crippen molar-refractivity contribution in [3.05, 3.63) is 225 Å². The van der Waals surface area contributed by atoms with Gasteiger partial charge in [-0.25, -0.2) is 9.98 Å². The fraction of sp³-hybridized carbons (Fsp3) is 0.495. The van der Waals surface area contributed by atoms with Crippen molar-refractivity contribution in [3.63, 3.8) is 0 Å². The van der Waals surface area contributed by atoms with Crippen LogP contribution in [0.1, 0.15) is 247 Å². The normalized spacial score (nSPS) is 25.9. The standard InChI is InChI=1S/C34H34N4O2S.C28H30N4O2.C22H24N2O2S.C6H6BrN.CH5N.8CH4/c1-40-29-12-14-33(15-13-29)19-28-11-10-25(9-8-24-6-7-24)18-30(28)34(33)31(39)38(22-26-4-2-16-35-20-26)32(37-34)41-23-27-5-3-17-36-21-27;1-34-23-10-12-27(13-11-23)16-22-9-8-20(7-6-19-4-5-19)15-24(22)28(27)25(33)32(26(29)31-28)18-21-3-2-14-30-17-21;1-26-17-8-10-21(11-9-17)13-16-7-6-15(5-4-14-2-3-14)12-18(16)22(21)19(25)23-20(27)24-22;7-4-6-2-1-3-8-5-6;1-2;;;;;;;;/h2-5,10-11,16-18,20-21,24,29H,6-7,12-15,19,22-23H2,1H3;2-3,8-9,14-15,17,19,23H,4-5,10-13,16,18H2,1H3,(H2,29,31);6-7,12,14,17H,2-3,8-11,13H2,1H3,(H2,23,24,25,27);1-3,5H,4H2;2H2,1H3;8*1H4. The van der Waals surface area contributed by atoms with Crippen molar-refractivity contribution in [1.29, 1.82) is 0 Å². The lowest BCUT2D eigenvalue weighted by Gasteiger charge is -2.46. The number of carbonyl (C=O) groups is 3. The van der Waals surface area contributed by atoms with Gasteiger partial charge in [-0.2, -0.15) is 0 Å². The van der Waals surface area contributed by atoms with Crippen LogP contribution in [0.2, 0.25) is 0 Å². The summed E-state index contributed by atoms with van der Waals surface area (Å²) in [5, 5.41) is 8.40. The van der Waals surface area contributed by atoms with Gasteiger partial charge in [-0.05, 0) is 270 Å². The third kappa shape index (κ3) is 19.4. The Hall–Kier alpha value is -8.95. The van der Waals surface area contributed by atoms with E-state index in [9.17, 15) is 9.59 Å². The molecule has 3 unspecified atom stereocenters. The average molecular weight is 1730 g/mol. The van der Waals surface area contributed by atoms with Gasteiger partial charge in [-0.1, -0.05) is 165 Å². The van der Waals surface area contributed by atoms with Crippen LogP contribution in [0.25, 0.3) is 0 Å². The molecule has 19 rings (SSSR count). The van der Waals surface area contributed by atoms with Crippen molar-refractivity contribution in [2.24, 2.45) is 55.5 Å². The highest BCUT2D eigenvalue weighted by atomic mass is 79.9. The van der Waals surface area contributed by atoms with E-state index in [-0.39, 0.29) is 112 Å². The second-order valence-electron chi connectivity index (χ2n) is 32.0. The van der Waals surface area contributed by atoms with Crippen molar-refractivity contribution in [1.82, 2.24) is 40.4 Å². The van der Waals surface area contributed by atoms with E-state index in [1.165, 1.54) is 67.8 Å². The van der Waals surface area contributed by atoms with Crippen LogP contribution in [-0.2, 0) is 88.6 Å². The number of nitrogens with one attached hydrogen (secondary N) is 2. The third-order valence-corrected chi connectivity index (χ3v) is 27.1. The predicted molar refractivity (Wildman–Crippen MR) is 498 cm³/mol. The summed E-state index contributed by atoms with van der Waals surface area (Å²) in [6.45, 7) is 0.817. The van der Waals surface area contributed by atoms with Gasteiger partial charge in [0.15, 0.2) is 32.9 Å². The molecule has 7 heterocycles. The lowest BCUT2D eigenvalue weighted by molar-refractivity contribution is -0.139. The highest BCUT2D eigenvalue weighted by Gasteiger charge is 2.69. The Morgan fingerprint density at radius 2 is 0.842 bits per heavy atom. The number of aromatic nitrogens is 4. The Balaban J connectivity index is 0.000000230. The molecule has 3 atom stereocenters. The molecule has 12 aliphatic rings. The lowest BCUT2D eigenvalue weighted by Crippen LogP contribution is -2.56. The summed E-state index contributed by atoms with van der Waals surface area (Å²) in [6, 6.07) is 35.1. The fourth-order valence-electron chi connectivity index (χ4n) is 18.8. The fourth-order valence-corrected chi connectivity index (χ4v) is 20.4. The number of hydrogen-bond acceptors (Lipinski definition) is 16. The first-order valence-electron chi connectivity index (χ1n) is 39.7. The Morgan fingerprint density at radius 3 is 1.21 bits per heavy atom. The van der Waals surface area contributed by atoms with Gasteiger partial charge in [0.1, 0.15) is 0 Å². The number of thioether (sulfide) groups is 1. The van der Waals surface area contributed by atoms with E-state index in [0.29, 0.717) is 47.7 Å². The first-order valence-corrected chi connectivity index (χ1v) is 42.2. The molecule has 3 aliphatic heterocycles. The van der Waals surface area contributed by atoms with Crippen molar-refractivity contribution in [2.45, 2.75) is 253 Å². The number of nitrogens with zero attached hydrogens (tertiary/aromatic N) is 8. The van der Waals surface area contributed by atoms with Gasteiger partial charge in [-0.3, -0.25) is 44.1 Å². The number of ether oxygens (including phenoxy) is 3. The van der Waals surface area contributed by atoms with Crippen LogP contribution >= 0.6 is 39.9 Å². The van der Waals surface area contributed by atoms with Crippen LogP contribution in [0.5, 0.6) is 0 Å². The number of carbonyl (C=O) groups excluding carboxylic acids is 3. The van der Waals surface area contributed by atoms with Crippen molar-refractivity contribution >= 4 is 73.9 Å². The van der Waals surface area contributed by atoms with Gasteiger partial charge >= 0.3 is 0 Å². The Bertz CT molecular complexity index is 4910. The summed E-state index contributed by atoms with van der Waals surface area (Å²) < 4.78 is 17.0. The third-order valence-electron chi connectivity index (χ3n) is 25.2. The highest BCUT2D eigenvalue weighted by molar-refractivity contribution is 9.08. The van der Waals surface area contributed by atoms with Crippen LogP contribution in [0.4, 0.5) is 0 Å². The zero-order chi connectivity index (χ0) is 77.7. The van der Waals surface area contributed by atoms with E-state index in [0.717, 1.165) is 157 Å². The first kappa shape index (κ1) is 98.2. The molecule has 18 nitrogen and oxygen atoms in total. The molecular formula is C99H131BrN12O6S2. The summed E-state index contributed by atoms with van der Waals surface area (Å²) in [7, 11) is 6.86. The predicted octanol–water partition coefficient (Wildman–Crippen LogP) is 18.8. The van der Waals surface area contributed by atoms with Gasteiger partial charge in [0.2, 0.25) is 0 Å². The van der Waals surface area contributed by atoms with E-state index in [4.69, 9.17) is 42.1 Å². The summed E-state index contributed by atoms with van der Waals surface area (Å²) >= 11 is 10.3. The molecule has 6 N–H and O–H groups in total. The number of rotatable bonds is 10. The number of nitrogens with two attached hydrogens (primary N) is 2. The number of amidine groups is 1. The van der Waals surface area contributed by atoms with Crippen LogP contribution in [0.15, 0.2) is 163 Å². The maximum absolute atomic E-state index is 15.0. The number of guanidine groups is 1. The SMILES string of the molecule is BrCc1cccnc1.C.C.C.C.C.C.C.C.CN.COC1CCC2(CC1)Cc1ccc(C#CC3CC3)cc1C21N=C(N)N(Cc2cccnc2)C1=O.COC1CCC2(CC1)Cc1ccc(C#CC3CC3)cc1C21N=C(SCc2cccnc2)N(Cc2cccnc2)C1=O.COC1CCC2(CC1)Cc1ccc(C#CC3CC3)cc1C21NC(=S)NC1=O. The van der Waals surface area contributed by atoms with Crippen LogP contribution in [0, 0.1) is 69.5 Å². The van der Waals surface area contributed by atoms with E-state index >= 15 is 4.79 Å². The topological polar surface area (TPSA) is 238 Å². The molecule has 6 spiro atoms. The molecule has 4 aromatic heterocycles. The van der Waals surface area contributed by atoms with Crippen molar-refractivity contribution in [2.75, 3.05) is 28.4 Å². The summed E-state index contributed by atoms with van der Waals surface area (Å²) in [6.07, 6.45) is 36.0. The summed E-state index contributed by atoms with van der Waals surface area (Å²) in [4.78, 5) is 73.6. The minimum atomic E-state index is -0.995. The number of alkyl halides is 1. The maximum atomic E-state index is 15.0. The molecule has 0 radical (unpaired) electrons. The molecule has 0 bridgehead atoms. The Morgan fingerprint density at radius 1 is 0.483 bits per heavy atom. The molecule has 7 aromatic rings. The number of pyridine rings is 4. The minimum absolute atomic E-state index is 0. The van der Waals surface area contributed by atoms with Gasteiger partial charge in [0, 0.05) is 133 Å². The number of hydrogen-bond donors (Lipinski definition) is 4. The molecule has 7 fully saturated rings. The Kier molecular flexibility index (Phi) is 34.5. The summed E-state index contributed by atoms with van der Waals surface area (Å²) in [5.74, 6) is 22.8. The molecule has 9 aliphatic carbocycles. The first-order chi connectivity index (χ1) is 54.6. The van der Waals surface area contributed by atoms with Gasteiger partial charge in [0.25, 0.3) is 17.7 Å². The molecule has 642 valence electrons. The van der Waals surface area contributed by atoms with Gasteiger partial charge < -0.3 is 36.3 Å². The molecular weight excluding hydrogens is 1600 g/mol. The lowest BCUT2D eigenvalue weighted by atomic mass is 9.61. The van der Waals surface area contributed by atoms with Crippen molar-refractivity contribution < 1.29 is 28.6 Å².